The molecule has 2 aliphatic rings. The molecule has 0 unspecified atom stereocenters. The summed E-state index contributed by atoms with van der Waals surface area (Å²) in [7, 11) is 2.08. The van der Waals surface area contributed by atoms with Crippen molar-refractivity contribution in [3.63, 3.8) is 0 Å². The van der Waals surface area contributed by atoms with Crippen LogP contribution in [0.2, 0.25) is 0 Å². The maximum Gasteiger partial charge on any atom is 0.230 e. The minimum Gasteiger partial charge on any atom is -0.350 e. The Kier molecular flexibility index (Phi) is 5.04. The van der Waals surface area contributed by atoms with Gasteiger partial charge in [0, 0.05) is 14.5 Å². The summed E-state index contributed by atoms with van der Waals surface area (Å²) in [5.41, 5.74) is 2.20. The molecule has 118 valence electrons. The van der Waals surface area contributed by atoms with Crippen molar-refractivity contribution >= 4 is 5.91 Å². The molecule has 0 aromatic heterocycles. The normalized spacial score (nSPS) is 20.0. The molecule has 0 bridgehead atoms. The zero-order valence-electron chi connectivity index (χ0n) is 13.8. The van der Waals surface area contributed by atoms with Crippen LogP contribution in [0, 0.1) is 6.92 Å². The first-order valence-corrected chi connectivity index (χ1v) is 8.08. The third kappa shape index (κ3) is 3.65. The van der Waals surface area contributed by atoms with E-state index >= 15 is 0 Å². The smallest absolute Gasteiger partial charge is 0.230 e. The quantitative estimate of drug-likeness (QED) is 0.927. The van der Waals surface area contributed by atoms with Gasteiger partial charge < -0.3 is 10.2 Å². The molecule has 1 aliphatic heterocycles. The second-order valence-electron chi connectivity index (χ2n) is 6.55. The highest BCUT2D eigenvalue weighted by molar-refractivity contribution is 5.91. The van der Waals surface area contributed by atoms with Crippen molar-refractivity contribution in [2.24, 2.45) is 0 Å². The Labute approximate surface area is 130 Å². The molecule has 2 fully saturated rings. The molecule has 3 heteroatoms. The number of rotatable bonds is 3. The molecule has 1 aromatic rings. The highest BCUT2D eigenvalue weighted by Crippen LogP contribution is 2.48. The van der Waals surface area contributed by atoms with Crippen molar-refractivity contribution in [2.45, 2.75) is 51.5 Å². The molecule has 0 spiro atoms. The molecule has 0 radical (unpaired) electrons. The first-order chi connectivity index (χ1) is 10.0. The van der Waals surface area contributed by atoms with Gasteiger partial charge in [0.1, 0.15) is 0 Å². The topological polar surface area (TPSA) is 32.3 Å². The molecule has 1 aliphatic carbocycles. The Hall–Kier alpha value is -1.35. The van der Waals surface area contributed by atoms with Crippen LogP contribution in [0.25, 0.3) is 0 Å². The lowest BCUT2D eigenvalue weighted by atomic mass is 9.93. The van der Waals surface area contributed by atoms with Gasteiger partial charge in [0.15, 0.2) is 0 Å². The molecule has 21 heavy (non-hydrogen) atoms. The molecule has 3 rings (SSSR count). The number of nitrogens with one attached hydrogen (secondary N) is 1. The Morgan fingerprint density at radius 3 is 2.24 bits per heavy atom. The zero-order valence-corrected chi connectivity index (χ0v) is 13.8. The molecule has 1 saturated heterocycles. The fraction of sp³-hybridized carbons (Fsp3) is 0.611. The summed E-state index contributed by atoms with van der Waals surface area (Å²) < 4.78 is 0. The lowest BCUT2D eigenvalue weighted by Crippen LogP contribution is -2.59. The summed E-state index contributed by atoms with van der Waals surface area (Å²) in [6.45, 7) is 8.29. The van der Waals surface area contributed by atoms with E-state index in [9.17, 15) is 4.79 Å². The molecule has 1 aromatic carbocycles. The number of carbonyl (C=O) groups is 1. The van der Waals surface area contributed by atoms with Gasteiger partial charge in [-0.15, -0.1) is 0 Å². The monoisotopic (exact) mass is 290 g/mol. The first kappa shape index (κ1) is 16.0. The average Bonchev–Trinajstić information content (AvgIpc) is 3.20. The van der Waals surface area contributed by atoms with Crippen LogP contribution in [0.4, 0.5) is 0 Å². The molecule has 1 heterocycles. The number of benzene rings is 1. The minimum absolute atomic E-state index is 0. The summed E-state index contributed by atoms with van der Waals surface area (Å²) >= 11 is 0. The van der Waals surface area contributed by atoms with Crippen molar-refractivity contribution in [2.75, 3.05) is 20.1 Å². The number of likely N-dealkylation sites (N-methyl/N-ethyl adjacent to an activating group) is 1. The first-order valence-electron chi connectivity index (χ1n) is 8.08. The number of carbonyl (C=O) groups excluding carboxylic acids is 1. The van der Waals surface area contributed by atoms with Crippen LogP contribution >= 0.6 is 0 Å². The Bertz CT molecular complexity index is 476. The number of likely N-dealkylation sites (tertiary alicyclic amines) is 1. The van der Waals surface area contributed by atoms with Gasteiger partial charge in [0.25, 0.3) is 0 Å². The second-order valence-corrected chi connectivity index (χ2v) is 6.55. The standard InChI is InChI=1S/C15H20N2O.C3H8.H2/c1-11-3-5-12(6-4-11)15(7-8-15)14(18)16-13-9-17(2)10-13;1-3-2;/h3-6,13H,7-10H2,1-2H3,(H,16,18);3H2,1-2H3;1H. The Morgan fingerprint density at radius 1 is 1.29 bits per heavy atom. The van der Waals surface area contributed by atoms with Gasteiger partial charge in [-0.3, -0.25) is 4.79 Å². The van der Waals surface area contributed by atoms with E-state index in [-0.39, 0.29) is 12.7 Å². The van der Waals surface area contributed by atoms with E-state index in [4.69, 9.17) is 0 Å². The summed E-state index contributed by atoms with van der Waals surface area (Å²) in [5, 5.41) is 3.18. The van der Waals surface area contributed by atoms with Crippen molar-refractivity contribution in [3.05, 3.63) is 35.4 Å². The Morgan fingerprint density at radius 2 is 1.81 bits per heavy atom. The lowest BCUT2D eigenvalue weighted by molar-refractivity contribution is -0.125. The van der Waals surface area contributed by atoms with Crippen LogP contribution in [-0.2, 0) is 10.2 Å². The summed E-state index contributed by atoms with van der Waals surface area (Å²) in [6, 6.07) is 8.76. The SMILES string of the molecule is CCC.Cc1ccc(C2(C(=O)NC3CN(C)C3)CC2)cc1.[HH]. The predicted octanol–water partition coefficient (Wildman–Crippen LogP) is 3.12. The molecular formula is C18H30N2O. The summed E-state index contributed by atoms with van der Waals surface area (Å²) in [6.07, 6.45) is 3.23. The van der Waals surface area contributed by atoms with Crippen molar-refractivity contribution in [3.8, 4) is 0 Å². The van der Waals surface area contributed by atoms with Gasteiger partial charge in [-0.1, -0.05) is 50.1 Å². The van der Waals surface area contributed by atoms with E-state index in [0.717, 1.165) is 25.9 Å². The van der Waals surface area contributed by atoms with E-state index in [1.807, 2.05) is 0 Å². The molecular weight excluding hydrogens is 260 g/mol. The predicted molar refractivity (Wildman–Crippen MR) is 89.6 cm³/mol. The van der Waals surface area contributed by atoms with Crippen molar-refractivity contribution in [1.29, 1.82) is 0 Å². The van der Waals surface area contributed by atoms with Crippen LogP contribution < -0.4 is 5.32 Å². The van der Waals surface area contributed by atoms with Gasteiger partial charge >= 0.3 is 0 Å². The molecule has 3 nitrogen and oxygen atoms in total. The van der Waals surface area contributed by atoms with Gasteiger partial charge in [0.2, 0.25) is 5.91 Å². The second kappa shape index (κ2) is 6.61. The highest BCUT2D eigenvalue weighted by atomic mass is 16.2. The van der Waals surface area contributed by atoms with E-state index in [2.05, 4.69) is 62.3 Å². The number of amides is 1. The highest BCUT2D eigenvalue weighted by Gasteiger charge is 2.51. The summed E-state index contributed by atoms with van der Waals surface area (Å²) in [4.78, 5) is 14.6. The zero-order chi connectivity index (χ0) is 15.5. The van der Waals surface area contributed by atoms with Crippen LogP contribution in [0.3, 0.4) is 0 Å². The third-order valence-corrected chi connectivity index (χ3v) is 4.19. The van der Waals surface area contributed by atoms with Crippen LogP contribution in [0.5, 0.6) is 0 Å². The lowest BCUT2D eigenvalue weighted by Gasteiger charge is -2.37. The summed E-state index contributed by atoms with van der Waals surface area (Å²) in [5.74, 6) is 0.226. The van der Waals surface area contributed by atoms with Gasteiger partial charge in [-0.05, 0) is 32.4 Å². The van der Waals surface area contributed by atoms with Gasteiger partial charge in [0.05, 0.1) is 11.5 Å². The van der Waals surface area contributed by atoms with E-state index in [1.54, 1.807) is 0 Å². The molecule has 0 atom stereocenters. The minimum atomic E-state index is -0.220. The van der Waals surface area contributed by atoms with E-state index < -0.39 is 0 Å². The molecule has 1 amide bonds. The van der Waals surface area contributed by atoms with Gasteiger partial charge in [-0.2, -0.15) is 0 Å². The van der Waals surface area contributed by atoms with Crippen molar-refractivity contribution in [1.82, 2.24) is 10.2 Å². The average molecular weight is 290 g/mol. The van der Waals surface area contributed by atoms with E-state index in [1.165, 1.54) is 17.5 Å². The number of aryl methyl sites for hydroxylation is 1. The van der Waals surface area contributed by atoms with Crippen molar-refractivity contribution < 1.29 is 6.22 Å². The number of hydrogen-bond donors (Lipinski definition) is 1. The number of nitrogens with zero attached hydrogens (tertiary/aromatic N) is 1. The van der Waals surface area contributed by atoms with Crippen LogP contribution in [0.15, 0.2) is 24.3 Å². The van der Waals surface area contributed by atoms with Crippen LogP contribution in [0.1, 0.15) is 45.7 Å². The largest absolute Gasteiger partial charge is 0.350 e. The molecule has 1 N–H and O–H groups in total. The number of hydrogen-bond acceptors (Lipinski definition) is 2. The Balaban J connectivity index is 0.000000562. The fourth-order valence-electron chi connectivity index (χ4n) is 2.76. The maximum atomic E-state index is 12.4. The maximum absolute atomic E-state index is 12.4. The fourth-order valence-corrected chi connectivity index (χ4v) is 2.76. The van der Waals surface area contributed by atoms with Gasteiger partial charge in [-0.25, -0.2) is 0 Å². The van der Waals surface area contributed by atoms with Crippen LogP contribution in [-0.4, -0.2) is 37.0 Å². The molecule has 1 saturated carbocycles. The third-order valence-electron chi connectivity index (χ3n) is 4.19. The van der Waals surface area contributed by atoms with E-state index in [0.29, 0.717) is 6.04 Å².